The standard InChI is InChI=1S/C13H27N3O2S/c1-11-5-4-8-16(10-11)19(17,18)15(2)13-7-3-6-12(13)9-14/h11-13H,3-10,14H2,1-2H3. The number of hydrogen-bond acceptors (Lipinski definition) is 3. The Balaban J connectivity index is 2.10. The van der Waals surface area contributed by atoms with E-state index < -0.39 is 10.2 Å². The molecule has 2 rings (SSSR count). The van der Waals surface area contributed by atoms with Crippen molar-refractivity contribution in [2.45, 2.75) is 45.1 Å². The van der Waals surface area contributed by atoms with Gasteiger partial charge in [0.05, 0.1) is 0 Å². The van der Waals surface area contributed by atoms with Gasteiger partial charge in [-0.2, -0.15) is 17.0 Å². The monoisotopic (exact) mass is 289 g/mol. The van der Waals surface area contributed by atoms with Gasteiger partial charge in [-0.1, -0.05) is 13.3 Å². The number of hydrogen-bond donors (Lipinski definition) is 1. The van der Waals surface area contributed by atoms with Crippen LogP contribution < -0.4 is 5.73 Å². The molecule has 2 aliphatic rings. The van der Waals surface area contributed by atoms with Crippen LogP contribution in [0.1, 0.15) is 39.0 Å². The van der Waals surface area contributed by atoms with Crippen molar-refractivity contribution >= 4 is 10.2 Å². The van der Waals surface area contributed by atoms with Crippen LogP contribution in [-0.2, 0) is 10.2 Å². The van der Waals surface area contributed by atoms with Crippen molar-refractivity contribution in [3.8, 4) is 0 Å². The highest BCUT2D eigenvalue weighted by atomic mass is 32.2. The SMILES string of the molecule is CC1CCCN(S(=O)(=O)N(C)C2CCCC2CN)C1. The van der Waals surface area contributed by atoms with Crippen molar-refractivity contribution in [3.63, 3.8) is 0 Å². The molecule has 3 atom stereocenters. The molecule has 0 spiro atoms. The lowest BCUT2D eigenvalue weighted by Crippen LogP contribution is -2.51. The molecule has 1 aliphatic heterocycles. The molecule has 5 nitrogen and oxygen atoms in total. The summed E-state index contributed by atoms with van der Waals surface area (Å²) < 4.78 is 28.6. The van der Waals surface area contributed by atoms with Gasteiger partial charge >= 0.3 is 0 Å². The van der Waals surface area contributed by atoms with Crippen LogP contribution >= 0.6 is 0 Å². The first-order chi connectivity index (χ1) is 8.96. The largest absolute Gasteiger partial charge is 0.330 e. The summed E-state index contributed by atoms with van der Waals surface area (Å²) in [5.74, 6) is 0.785. The van der Waals surface area contributed by atoms with Crippen molar-refractivity contribution in [1.82, 2.24) is 8.61 Å². The zero-order chi connectivity index (χ0) is 14.0. The van der Waals surface area contributed by atoms with Crippen LogP contribution in [-0.4, -0.2) is 49.8 Å². The molecule has 0 aromatic rings. The molecular weight excluding hydrogens is 262 g/mol. The van der Waals surface area contributed by atoms with Crippen molar-refractivity contribution in [3.05, 3.63) is 0 Å². The summed E-state index contributed by atoms with van der Waals surface area (Å²) in [6.07, 6.45) is 5.19. The van der Waals surface area contributed by atoms with E-state index in [4.69, 9.17) is 5.73 Å². The van der Waals surface area contributed by atoms with Crippen LogP contribution in [0.5, 0.6) is 0 Å². The van der Waals surface area contributed by atoms with Crippen molar-refractivity contribution in [2.24, 2.45) is 17.6 Å². The number of nitrogens with two attached hydrogens (primary N) is 1. The maximum Gasteiger partial charge on any atom is 0.281 e. The summed E-state index contributed by atoms with van der Waals surface area (Å²) in [5, 5.41) is 0. The summed E-state index contributed by atoms with van der Waals surface area (Å²) in [4.78, 5) is 0. The molecule has 1 saturated heterocycles. The molecule has 112 valence electrons. The Bertz CT molecular complexity index is 399. The van der Waals surface area contributed by atoms with Crippen molar-refractivity contribution < 1.29 is 8.42 Å². The zero-order valence-electron chi connectivity index (χ0n) is 12.1. The van der Waals surface area contributed by atoms with Gasteiger partial charge in [-0.05, 0) is 44.1 Å². The molecule has 0 aromatic carbocycles. The van der Waals surface area contributed by atoms with Crippen LogP contribution in [0.4, 0.5) is 0 Å². The highest BCUT2D eigenvalue weighted by molar-refractivity contribution is 7.86. The van der Waals surface area contributed by atoms with E-state index >= 15 is 0 Å². The maximum atomic E-state index is 12.7. The molecule has 3 unspecified atom stereocenters. The van der Waals surface area contributed by atoms with Crippen LogP contribution in [0.25, 0.3) is 0 Å². The molecule has 1 heterocycles. The van der Waals surface area contributed by atoms with Crippen LogP contribution in [0, 0.1) is 11.8 Å². The molecule has 1 aliphatic carbocycles. The van der Waals surface area contributed by atoms with Crippen LogP contribution in [0.3, 0.4) is 0 Å². The van der Waals surface area contributed by atoms with Gasteiger partial charge in [0.25, 0.3) is 10.2 Å². The minimum absolute atomic E-state index is 0.0900. The fourth-order valence-corrected chi connectivity index (χ4v) is 5.27. The average molecular weight is 289 g/mol. The lowest BCUT2D eigenvalue weighted by atomic mass is 10.0. The molecule has 0 aromatic heterocycles. The first-order valence-electron chi connectivity index (χ1n) is 7.40. The van der Waals surface area contributed by atoms with Crippen LogP contribution in [0.15, 0.2) is 0 Å². The van der Waals surface area contributed by atoms with Crippen molar-refractivity contribution in [2.75, 3.05) is 26.7 Å². The summed E-state index contributed by atoms with van der Waals surface area (Å²) in [5.41, 5.74) is 5.77. The van der Waals surface area contributed by atoms with Gasteiger partial charge in [0.15, 0.2) is 0 Å². The quantitative estimate of drug-likeness (QED) is 0.840. The Morgan fingerprint density at radius 1 is 1.26 bits per heavy atom. The van der Waals surface area contributed by atoms with Crippen molar-refractivity contribution in [1.29, 1.82) is 0 Å². The Kier molecular flexibility index (Phi) is 4.87. The molecule has 19 heavy (non-hydrogen) atoms. The minimum atomic E-state index is -3.31. The molecule has 1 saturated carbocycles. The third-order valence-electron chi connectivity index (χ3n) is 4.70. The van der Waals surface area contributed by atoms with Gasteiger partial charge in [-0.15, -0.1) is 0 Å². The summed E-state index contributed by atoms with van der Waals surface area (Å²) in [7, 11) is -1.58. The Labute approximate surface area is 117 Å². The van der Waals surface area contributed by atoms with Gasteiger partial charge in [-0.25, -0.2) is 0 Å². The predicted octanol–water partition coefficient (Wildman–Crippen LogP) is 1.02. The molecule has 6 heteroatoms. The molecule has 0 bridgehead atoms. The van der Waals surface area contributed by atoms with Crippen LogP contribution in [0.2, 0.25) is 0 Å². The fraction of sp³-hybridized carbons (Fsp3) is 1.00. The van der Waals surface area contributed by atoms with E-state index in [1.54, 1.807) is 15.7 Å². The number of nitrogens with zero attached hydrogens (tertiary/aromatic N) is 2. The second-order valence-corrected chi connectivity index (χ2v) is 8.11. The van der Waals surface area contributed by atoms with E-state index in [0.29, 0.717) is 31.5 Å². The lowest BCUT2D eigenvalue weighted by molar-refractivity contribution is 0.237. The summed E-state index contributed by atoms with van der Waals surface area (Å²) >= 11 is 0. The second kappa shape index (κ2) is 6.08. The number of rotatable bonds is 4. The fourth-order valence-electron chi connectivity index (χ4n) is 3.48. The van der Waals surface area contributed by atoms with Gasteiger partial charge in [0.1, 0.15) is 0 Å². The molecule has 0 radical (unpaired) electrons. The minimum Gasteiger partial charge on any atom is -0.330 e. The molecule has 0 amide bonds. The number of piperidine rings is 1. The van der Waals surface area contributed by atoms with E-state index in [0.717, 1.165) is 32.1 Å². The van der Waals surface area contributed by atoms with Gasteiger partial charge in [0, 0.05) is 26.2 Å². The molecule has 2 N–H and O–H groups in total. The van der Waals surface area contributed by atoms with E-state index in [-0.39, 0.29) is 6.04 Å². The van der Waals surface area contributed by atoms with Gasteiger partial charge in [-0.3, -0.25) is 0 Å². The smallest absolute Gasteiger partial charge is 0.281 e. The Morgan fingerprint density at radius 2 is 2.00 bits per heavy atom. The average Bonchev–Trinajstić information content (AvgIpc) is 2.85. The first-order valence-corrected chi connectivity index (χ1v) is 8.79. The van der Waals surface area contributed by atoms with E-state index in [1.165, 1.54) is 0 Å². The third kappa shape index (κ3) is 3.12. The Hall–Kier alpha value is -0.170. The normalized spacial score (nSPS) is 34.0. The second-order valence-electron chi connectivity index (χ2n) is 6.12. The van der Waals surface area contributed by atoms with E-state index in [1.807, 2.05) is 0 Å². The van der Waals surface area contributed by atoms with E-state index in [2.05, 4.69) is 6.92 Å². The highest BCUT2D eigenvalue weighted by Crippen LogP contribution is 2.31. The summed E-state index contributed by atoms with van der Waals surface area (Å²) in [6.45, 7) is 4.03. The third-order valence-corrected chi connectivity index (χ3v) is 6.68. The van der Waals surface area contributed by atoms with E-state index in [9.17, 15) is 8.42 Å². The lowest BCUT2D eigenvalue weighted by Gasteiger charge is -2.36. The Morgan fingerprint density at radius 3 is 2.63 bits per heavy atom. The maximum absolute atomic E-state index is 12.7. The predicted molar refractivity (Wildman–Crippen MR) is 76.8 cm³/mol. The first kappa shape index (κ1) is 15.2. The van der Waals surface area contributed by atoms with Gasteiger partial charge in [0.2, 0.25) is 0 Å². The topological polar surface area (TPSA) is 66.6 Å². The molecule has 2 fully saturated rings. The molecular formula is C13H27N3O2S. The zero-order valence-corrected chi connectivity index (χ0v) is 12.9. The summed E-state index contributed by atoms with van der Waals surface area (Å²) in [6, 6.07) is 0.0900. The van der Waals surface area contributed by atoms with Gasteiger partial charge < -0.3 is 5.73 Å². The highest BCUT2D eigenvalue weighted by Gasteiger charge is 2.38.